The van der Waals surface area contributed by atoms with Crippen molar-refractivity contribution >= 4 is 21.8 Å². The molecule has 0 aromatic heterocycles. The molecule has 0 amide bonds. The van der Waals surface area contributed by atoms with E-state index in [0.29, 0.717) is 11.8 Å². The van der Waals surface area contributed by atoms with Gasteiger partial charge in [0, 0.05) is 24.9 Å². The Labute approximate surface area is 103 Å². The molecule has 1 saturated heterocycles. The zero-order valence-corrected chi connectivity index (χ0v) is 11.7. The first-order chi connectivity index (χ1) is 7.51. The van der Waals surface area contributed by atoms with Gasteiger partial charge in [-0.25, -0.2) is 13.1 Å². The van der Waals surface area contributed by atoms with Crippen LogP contribution in [0.15, 0.2) is 0 Å². The molecule has 0 spiro atoms. The van der Waals surface area contributed by atoms with Gasteiger partial charge in [0.1, 0.15) is 0 Å². The van der Waals surface area contributed by atoms with E-state index in [0.717, 1.165) is 19.6 Å². The first-order valence-electron chi connectivity index (χ1n) is 5.71. The number of hydrogen-bond donors (Lipinski definition) is 1. The Morgan fingerprint density at radius 2 is 2.19 bits per heavy atom. The average Bonchev–Trinajstić information content (AvgIpc) is 2.41. The van der Waals surface area contributed by atoms with Crippen LogP contribution >= 0.6 is 11.8 Å². The molecule has 0 bridgehead atoms. The van der Waals surface area contributed by atoms with Gasteiger partial charge in [-0.3, -0.25) is 0 Å². The van der Waals surface area contributed by atoms with E-state index in [4.69, 9.17) is 0 Å². The van der Waals surface area contributed by atoms with Crippen LogP contribution in [0.5, 0.6) is 0 Å². The predicted molar refractivity (Wildman–Crippen MR) is 70.4 cm³/mol. The molecule has 0 aromatic carbocycles. The Kier molecular flexibility index (Phi) is 6.10. The zero-order chi connectivity index (χ0) is 12.0. The SMILES string of the molecule is CS[C@H]1CCCCN(CCNS(C)(=O)=O)C1. The Morgan fingerprint density at radius 1 is 1.44 bits per heavy atom. The number of hydrogen-bond acceptors (Lipinski definition) is 4. The van der Waals surface area contributed by atoms with E-state index in [9.17, 15) is 8.42 Å². The lowest BCUT2D eigenvalue weighted by Crippen LogP contribution is -2.37. The maximum absolute atomic E-state index is 10.9. The highest BCUT2D eigenvalue weighted by atomic mass is 32.2. The van der Waals surface area contributed by atoms with Gasteiger partial charge in [-0.15, -0.1) is 0 Å². The molecule has 1 aliphatic rings. The highest BCUT2D eigenvalue weighted by Crippen LogP contribution is 2.19. The summed E-state index contributed by atoms with van der Waals surface area (Å²) in [5.74, 6) is 0. The fourth-order valence-corrected chi connectivity index (χ4v) is 3.19. The van der Waals surface area contributed by atoms with Gasteiger partial charge in [0.15, 0.2) is 0 Å². The number of likely N-dealkylation sites (tertiary alicyclic amines) is 1. The van der Waals surface area contributed by atoms with E-state index in [-0.39, 0.29) is 0 Å². The second-order valence-electron chi connectivity index (χ2n) is 4.32. The molecule has 1 fully saturated rings. The molecule has 1 N–H and O–H groups in total. The maximum atomic E-state index is 10.9. The summed E-state index contributed by atoms with van der Waals surface area (Å²) in [5, 5.41) is 0.709. The molecule has 1 aliphatic heterocycles. The lowest BCUT2D eigenvalue weighted by Gasteiger charge is -2.23. The molecule has 0 radical (unpaired) electrons. The molecule has 1 atom stereocenters. The molecule has 1 heterocycles. The van der Waals surface area contributed by atoms with Crippen LogP contribution in [0.4, 0.5) is 0 Å². The minimum atomic E-state index is -3.04. The van der Waals surface area contributed by atoms with E-state index < -0.39 is 10.0 Å². The van der Waals surface area contributed by atoms with Gasteiger partial charge in [-0.05, 0) is 25.6 Å². The minimum Gasteiger partial charge on any atom is -0.301 e. The Bertz CT molecular complexity index is 293. The molecule has 1 rings (SSSR count). The molecule has 0 unspecified atom stereocenters. The van der Waals surface area contributed by atoms with Crippen LogP contribution in [0.2, 0.25) is 0 Å². The van der Waals surface area contributed by atoms with Gasteiger partial charge < -0.3 is 4.90 Å². The van der Waals surface area contributed by atoms with Gasteiger partial charge in [-0.1, -0.05) is 6.42 Å². The number of sulfonamides is 1. The van der Waals surface area contributed by atoms with Crippen molar-refractivity contribution in [3.05, 3.63) is 0 Å². The molecule has 6 heteroatoms. The summed E-state index contributed by atoms with van der Waals surface area (Å²) in [4.78, 5) is 2.37. The van der Waals surface area contributed by atoms with Crippen LogP contribution in [-0.4, -0.2) is 57.3 Å². The maximum Gasteiger partial charge on any atom is 0.208 e. The third-order valence-corrected chi connectivity index (χ3v) is 4.62. The first kappa shape index (κ1) is 14.3. The monoisotopic (exact) mass is 266 g/mol. The van der Waals surface area contributed by atoms with Crippen molar-refractivity contribution in [3.63, 3.8) is 0 Å². The summed E-state index contributed by atoms with van der Waals surface area (Å²) in [6, 6.07) is 0. The van der Waals surface area contributed by atoms with Crippen LogP contribution in [0.25, 0.3) is 0 Å². The smallest absolute Gasteiger partial charge is 0.208 e. The van der Waals surface area contributed by atoms with Crippen LogP contribution in [0.3, 0.4) is 0 Å². The Hall–Kier alpha value is 0.220. The van der Waals surface area contributed by atoms with Crippen molar-refractivity contribution in [1.82, 2.24) is 9.62 Å². The topological polar surface area (TPSA) is 49.4 Å². The first-order valence-corrected chi connectivity index (χ1v) is 8.89. The fraction of sp³-hybridized carbons (Fsp3) is 1.00. The van der Waals surface area contributed by atoms with Crippen molar-refractivity contribution in [1.29, 1.82) is 0 Å². The summed E-state index contributed by atoms with van der Waals surface area (Å²) in [6.45, 7) is 3.54. The predicted octanol–water partition coefficient (Wildman–Crippen LogP) is 0.753. The summed E-state index contributed by atoms with van der Waals surface area (Å²) in [7, 11) is -3.04. The summed E-state index contributed by atoms with van der Waals surface area (Å²) in [6.07, 6.45) is 7.18. The van der Waals surface area contributed by atoms with Gasteiger partial charge >= 0.3 is 0 Å². The van der Waals surface area contributed by atoms with Crippen molar-refractivity contribution in [2.75, 3.05) is 38.7 Å². The molecular weight excluding hydrogens is 244 g/mol. The normalized spacial score (nSPS) is 24.2. The van der Waals surface area contributed by atoms with E-state index in [1.54, 1.807) is 0 Å². The lowest BCUT2D eigenvalue weighted by molar-refractivity contribution is 0.293. The third kappa shape index (κ3) is 6.08. The van der Waals surface area contributed by atoms with Gasteiger partial charge in [0.05, 0.1) is 6.26 Å². The van der Waals surface area contributed by atoms with Crippen LogP contribution in [0, 0.1) is 0 Å². The van der Waals surface area contributed by atoms with Crippen LogP contribution in [-0.2, 0) is 10.0 Å². The Balaban J connectivity index is 2.29. The number of rotatable bonds is 5. The summed E-state index contributed by atoms with van der Waals surface area (Å²) >= 11 is 1.92. The standard InChI is InChI=1S/C10H22N2O2S2/c1-15-10-5-3-4-7-12(9-10)8-6-11-16(2,13)14/h10-11H,3-9H2,1-2H3/t10-/m0/s1. The van der Waals surface area contributed by atoms with Gasteiger partial charge in [0.2, 0.25) is 10.0 Å². The van der Waals surface area contributed by atoms with Crippen molar-refractivity contribution in [2.45, 2.75) is 24.5 Å². The average molecular weight is 266 g/mol. The molecule has 4 nitrogen and oxygen atoms in total. The number of thioether (sulfide) groups is 1. The molecule has 96 valence electrons. The van der Waals surface area contributed by atoms with Crippen LogP contribution in [0.1, 0.15) is 19.3 Å². The second kappa shape index (κ2) is 6.83. The number of nitrogens with one attached hydrogen (secondary N) is 1. The van der Waals surface area contributed by atoms with Gasteiger partial charge in [-0.2, -0.15) is 11.8 Å². The lowest BCUT2D eigenvalue weighted by atomic mass is 10.2. The largest absolute Gasteiger partial charge is 0.301 e. The second-order valence-corrected chi connectivity index (χ2v) is 7.29. The van der Waals surface area contributed by atoms with E-state index in [1.165, 1.54) is 25.5 Å². The third-order valence-electron chi connectivity index (χ3n) is 2.84. The molecule has 0 saturated carbocycles. The quantitative estimate of drug-likeness (QED) is 0.798. The fourth-order valence-electron chi connectivity index (χ4n) is 1.96. The van der Waals surface area contributed by atoms with E-state index in [2.05, 4.69) is 15.9 Å². The highest BCUT2D eigenvalue weighted by molar-refractivity contribution is 7.99. The Morgan fingerprint density at radius 3 is 2.81 bits per heavy atom. The van der Waals surface area contributed by atoms with Crippen molar-refractivity contribution < 1.29 is 8.42 Å². The van der Waals surface area contributed by atoms with E-state index >= 15 is 0 Å². The highest BCUT2D eigenvalue weighted by Gasteiger charge is 2.16. The van der Waals surface area contributed by atoms with Gasteiger partial charge in [0.25, 0.3) is 0 Å². The van der Waals surface area contributed by atoms with Crippen molar-refractivity contribution in [2.24, 2.45) is 0 Å². The van der Waals surface area contributed by atoms with E-state index in [1.807, 2.05) is 11.8 Å². The summed E-state index contributed by atoms with van der Waals surface area (Å²) < 4.78 is 24.4. The van der Waals surface area contributed by atoms with Crippen molar-refractivity contribution in [3.8, 4) is 0 Å². The molecule has 16 heavy (non-hydrogen) atoms. The molecule has 0 aliphatic carbocycles. The molecule has 0 aromatic rings. The molecular formula is C10H22N2O2S2. The summed E-state index contributed by atoms with van der Waals surface area (Å²) in [5.41, 5.74) is 0. The number of nitrogens with zero attached hydrogens (tertiary/aromatic N) is 1. The zero-order valence-electron chi connectivity index (χ0n) is 10.1. The minimum absolute atomic E-state index is 0.528. The van der Waals surface area contributed by atoms with Crippen LogP contribution < -0.4 is 4.72 Å².